The van der Waals surface area contributed by atoms with Gasteiger partial charge in [-0.05, 0) is 80.4 Å². The van der Waals surface area contributed by atoms with Gasteiger partial charge < -0.3 is 19.1 Å². The molecular weight excluding hydrogens is 598 g/mol. The highest BCUT2D eigenvalue weighted by atomic mass is 35.5. The zero-order valence-corrected chi connectivity index (χ0v) is 26.9. The lowest BCUT2D eigenvalue weighted by Crippen LogP contribution is -2.43. The number of carbonyl (C=O) groups is 1. The van der Waals surface area contributed by atoms with E-state index in [9.17, 15) is 9.59 Å². The summed E-state index contributed by atoms with van der Waals surface area (Å²) in [6.07, 6.45) is 1.83. The molecule has 3 aromatic carbocycles. The number of fused-ring (bicyclic) bond motifs is 1. The first-order chi connectivity index (χ1) is 21.3. The van der Waals surface area contributed by atoms with E-state index < -0.39 is 6.04 Å². The molecule has 0 saturated carbocycles. The third kappa shape index (κ3) is 6.30. The molecular formula is C34H34ClN3O5S. The zero-order valence-electron chi connectivity index (χ0n) is 25.3. The number of methoxy groups -OCH3 is 2. The Labute approximate surface area is 265 Å². The van der Waals surface area contributed by atoms with Crippen LogP contribution in [0.4, 0.5) is 0 Å². The zero-order chi connectivity index (χ0) is 31.4. The molecule has 1 aliphatic rings. The maximum absolute atomic E-state index is 14.1. The summed E-state index contributed by atoms with van der Waals surface area (Å²) in [6, 6.07) is 19.7. The van der Waals surface area contributed by atoms with Crippen LogP contribution in [0.3, 0.4) is 0 Å². The van der Waals surface area contributed by atoms with Crippen molar-refractivity contribution in [3.05, 3.63) is 119 Å². The lowest BCUT2D eigenvalue weighted by Gasteiger charge is -2.30. The highest BCUT2D eigenvalue weighted by Crippen LogP contribution is 2.38. The summed E-state index contributed by atoms with van der Waals surface area (Å²) < 4.78 is 19.3. The van der Waals surface area contributed by atoms with E-state index in [1.54, 1.807) is 35.8 Å². The summed E-state index contributed by atoms with van der Waals surface area (Å²) in [5.41, 5.74) is 3.24. The van der Waals surface area contributed by atoms with Crippen molar-refractivity contribution in [3.63, 3.8) is 0 Å². The molecule has 0 aliphatic carbocycles. The summed E-state index contributed by atoms with van der Waals surface area (Å²) in [4.78, 5) is 35.0. The molecule has 10 heteroatoms. The van der Waals surface area contributed by atoms with E-state index in [-0.39, 0.29) is 11.5 Å². The molecule has 5 rings (SSSR count). The molecule has 1 aliphatic heterocycles. The number of carbonyl (C=O) groups excluding carboxylic acids is 1. The number of hydrogen-bond donors (Lipinski definition) is 0. The first kappa shape index (κ1) is 31.1. The number of aromatic nitrogens is 1. The second-order valence-electron chi connectivity index (χ2n) is 10.2. The van der Waals surface area contributed by atoms with Crippen LogP contribution < -0.4 is 29.1 Å². The van der Waals surface area contributed by atoms with E-state index >= 15 is 0 Å². The van der Waals surface area contributed by atoms with Crippen LogP contribution in [0.1, 0.15) is 43.5 Å². The molecule has 1 aromatic heterocycles. The van der Waals surface area contributed by atoms with Crippen molar-refractivity contribution in [3.8, 4) is 17.2 Å². The largest absolute Gasteiger partial charge is 0.497 e. The van der Waals surface area contributed by atoms with Crippen molar-refractivity contribution in [1.82, 2.24) is 9.47 Å². The predicted octanol–water partition coefficient (Wildman–Crippen LogP) is 5.35. The van der Waals surface area contributed by atoms with Crippen molar-refractivity contribution < 1.29 is 19.0 Å². The van der Waals surface area contributed by atoms with Crippen LogP contribution in [0.15, 0.2) is 87.8 Å². The highest BCUT2D eigenvalue weighted by molar-refractivity contribution is 7.07. The minimum Gasteiger partial charge on any atom is -0.497 e. The Balaban J connectivity index is 1.56. The van der Waals surface area contributed by atoms with Crippen molar-refractivity contribution >= 4 is 34.9 Å². The molecule has 0 N–H and O–H groups in total. The quantitative estimate of drug-likeness (QED) is 0.236. The van der Waals surface area contributed by atoms with Crippen molar-refractivity contribution in [2.24, 2.45) is 4.99 Å². The number of amides is 1. The van der Waals surface area contributed by atoms with Gasteiger partial charge in [0.15, 0.2) is 4.80 Å². The summed E-state index contributed by atoms with van der Waals surface area (Å²) >= 11 is 7.26. The number of nitrogens with zero attached hydrogens (tertiary/aromatic N) is 3. The number of hydrogen-bond acceptors (Lipinski definition) is 7. The third-order valence-electron chi connectivity index (χ3n) is 7.53. The maximum Gasteiger partial charge on any atom is 0.271 e. The SMILES string of the molecule is CCN(CC)C(=O)C1=C(C)N=c2s/c(=C/c3ccc(OCc4ccc(Cl)cc4)cc3)c(=O)n2[C@H]1c1cc(OC)ccc1OC. The van der Waals surface area contributed by atoms with E-state index in [4.69, 9.17) is 30.8 Å². The molecule has 4 aromatic rings. The number of ether oxygens (including phenoxy) is 3. The summed E-state index contributed by atoms with van der Waals surface area (Å²) in [7, 11) is 3.15. The van der Waals surface area contributed by atoms with Gasteiger partial charge in [0.25, 0.3) is 11.5 Å². The Kier molecular flexibility index (Phi) is 9.56. The van der Waals surface area contributed by atoms with Crippen LogP contribution in [0.5, 0.6) is 17.2 Å². The van der Waals surface area contributed by atoms with Gasteiger partial charge in [0, 0.05) is 23.7 Å². The standard InChI is InChI=1S/C34H34ClN3O5S/c1-6-37(7-2)33(40)30-21(3)36-34-38(31(30)27-19-26(41-4)16-17-28(27)42-5)32(39)29(44-34)18-22-10-14-25(15-11-22)43-20-23-8-12-24(35)13-9-23/h8-19,31H,6-7,20H2,1-5H3/b29-18+/t31-/m0/s1. The molecule has 1 atom stereocenters. The summed E-state index contributed by atoms with van der Waals surface area (Å²) in [6.45, 7) is 7.14. The van der Waals surface area contributed by atoms with Crippen LogP contribution in [0.25, 0.3) is 6.08 Å². The normalized spacial score (nSPS) is 14.6. The maximum atomic E-state index is 14.1. The number of likely N-dealkylation sites (N-methyl/N-ethyl adjacent to an activating group) is 1. The number of thiazole rings is 1. The Bertz CT molecular complexity index is 1870. The minimum atomic E-state index is -0.754. The van der Waals surface area contributed by atoms with E-state index in [1.807, 2.05) is 81.4 Å². The van der Waals surface area contributed by atoms with Crippen LogP contribution in [-0.2, 0) is 11.4 Å². The van der Waals surface area contributed by atoms with Crippen molar-refractivity contribution in [2.75, 3.05) is 27.3 Å². The average molecular weight is 632 g/mol. The van der Waals surface area contributed by atoms with Gasteiger partial charge in [-0.25, -0.2) is 4.99 Å². The molecule has 228 valence electrons. The molecule has 0 bridgehead atoms. The van der Waals surface area contributed by atoms with Crippen molar-refractivity contribution in [1.29, 1.82) is 0 Å². The Morgan fingerprint density at radius 3 is 2.32 bits per heavy atom. The van der Waals surface area contributed by atoms with Crippen LogP contribution in [-0.4, -0.2) is 42.7 Å². The third-order valence-corrected chi connectivity index (χ3v) is 8.77. The minimum absolute atomic E-state index is 0.172. The molecule has 8 nitrogen and oxygen atoms in total. The first-order valence-corrected chi connectivity index (χ1v) is 15.5. The predicted molar refractivity (Wildman–Crippen MR) is 173 cm³/mol. The number of halogens is 1. The second kappa shape index (κ2) is 13.5. The van der Waals surface area contributed by atoms with Gasteiger partial charge in [-0.15, -0.1) is 0 Å². The molecule has 0 radical (unpaired) electrons. The Morgan fingerprint density at radius 2 is 1.68 bits per heavy atom. The smallest absolute Gasteiger partial charge is 0.271 e. The molecule has 2 heterocycles. The molecule has 0 fully saturated rings. The molecule has 0 spiro atoms. The fourth-order valence-corrected chi connectivity index (χ4v) is 6.36. The summed E-state index contributed by atoms with van der Waals surface area (Å²) in [5.74, 6) is 1.66. The Hall–Kier alpha value is -4.34. The molecule has 1 amide bonds. The monoisotopic (exact) mass is 631 g/mol. The topological polar surface area (TPSA) is 82.4 Å². The van der Waals surface area contributed by atoms with E-state index in [1.165, 1.54) is 11.3 Å². The molecule has 0 saturated heterocycles. The van der Waals surface area contributed by atoms with E-state index in [0.29, 0.717) is 68.1 Å². The van der Waals surface area contributed by atoms with Gasteiger partial charge in [-0.3, -0.25) is 14.2 Å². The van der Waals surface area contributed by atoms with Gasteiger partial charge in [0.05, 0.1) is 30.0 Å². The highest BCUT2D eigenvalue weighted by Gasteiger charge is 2.36. The average Bonchev–Trinajstić information content (AvgIpc) is 3.34. The number of rotatable bonds is 10. The molecule has 44 heavy (non-hydrogen) atoms. The van der Waals surface area contributed by atoms with Crippen LogP contribution >= 0.6 is 22.9 Å². The number of benzene rings is 3. The van der Waals surface area contributed by atoms with E-state index in [2.05, 4.69) is 0 Å². The van der Waals surface area contributed by atoms with Gasteiger partial charge in [0.2, 0.25) is 0 Å². The Morgan fingerprint density at radius 1 is 1.00 bits per heavy atom. The second-order valence-corrected chi connectivity index (χ2v) is 11.6. The lowest BCUT2D eigenvalue weighted by molar-refractivity contribution is -0.127. The lowest BCUT2D eigenvalue weighted by atomic mass is 9.93. The fourth-order valence-electron chi connectivity index (χ4n) is 5.18. The van der Waals surface area contributed by atoms with Crippen LogP contribution in [0, 0.1) is 0 Å². The van der Waals surface area contributed by atoms with Gasteiger partial charge >= 0.3 is 0 Å². The summed E-state index contributed by atoms with van der Waals surface area (Å²) in [5, 5.41) is 0.680. The van der Waals surface area contributed by atoms with Gasteiger partial charge in [0.1, 0.15) is 29.9 Å². The number of allylic oxidation sites excluding steroid dienone is 1. The van der Waals surface area contributed by atoms with E-state index in [0.717, 1.165) is 11.1 Å². The van der Waals surface area contributed by atoms with Crippen LogP contribution in [0.2, 0.25) is 5.02 Å². The van der Waals surface area contributed by atoms with Gasteiger partial charge in [-0.1, -0.05) is 47.2 Å². The molecule has 0 unspecified atom stereocenters. The fraction of sp³-hybridized carbons (Fsp3) is 0.265. The van der Waals surface area contributed by atoms with Crippen molar-refractivity contribution in [2.45, 2.75) is 33.4 Å². The van der Waals surface area contributed by atoms with Gasteiger partial charge in [-0.2, -0.15) is 0 Å². The first-order valence-electron chi connectivity index (χ1n) is 14.3.